The van der Waals surface area contributed by atoms with Crippen LogP contribution in [0.3, 0.4) is 0 Å². The van der Waals surface area contributed by atoms with Crippen LogP contribution < -0.4 is 5.73 Å². The molecule has 1 unspecified atom stereocenters. The number of rotatable bonds is 27. The first-order chi connectivity index (χ1) is 16.6. The largest absolute Gasteiger partial charge is 0.462 e. The molecule has 0 saturated carbocycles. The van der Waals surface area contributed by atoms with Gasteiger partial charge in [0.25, 0.3) is 0 Å². The molecule has 0 rings (SSSR count). The molecule has 0 aliphatic heterocycles. The smallest absolute Gasteiger partial charge is 0.306 e. The van der Waals surface area contributed by atoms with Crippen LogP contribution in [0.1, 0.15) is 174 Å². The first-order valence-corrected chi connectivity index (χ1v) is 15.1. The molecule has 202 valence electrons. The molecule has 0 aromatic carbocycles. The van der Waals surface area contributed by atoms with E-state index in [1.54, 1.807) is 0 Å². The fourth-order valence-corrected chi connectivity index (χ4v) is 4.64. The van der Waals surface area contributed by atoms with Gasteiger partial charge in [-0.2, -0.15) is 0 Å². The van der Waals surface area contributed by atoms with Crippen molar-refractivity contribution in [3.8, 4) is 0 Å². The van der Waals surface area contributed by atoms with Gasteiger partial charge in [0.05, 0.1) is 6.42 Å². The number of ether oxygens (including phenoxy) is 1. The van der Waals surface area contributed by atoms with Gasteiger partial charge in [-0.15, -0.1) is 0 Å². The number of carbonyl (C=O) groups is 2. The Bertz CT molecular complexity index is 452. The molecule has 4 nitrogen and oxygen atoms in total. The minimum absolute atomic E-state index is 0.154. The number of nitrogens with two attached hydrogens (primary N) is 1. The van der Waals surface area contributed by atoms with Crippen LogP contribution in [0.25, 0.3) is 0 Å². The van der Waals surface area contributed by atoms with E-state index in [1.807, 2.05) is 0 Å². The Morgan fingerprint density at radius 2 is 0.912 bits per heavy atom. The molecule has 0 aromatic heterocycles. The molecule has 0 radical (unpaired) electrons. The SMILES string of the molecule is CCCCCCCCCCCCCCCC(=O)OC(CCCCCCCCCCC)CC(N)=O. The van der Waals surface area contributed by atoms with E-state index in [4.69, 9.17) is 10.5 Å². The summed E-state index contributed by atoms with van der Waals surface area (Å²) >= 11 is 0. The number of esters is 1. The van der Waals surface area contributed by atoms with Crippen LogP contribution in [0, 0.1) is 0 Å². The highest BCUT2D eigenvalue weighted by atomic mass is 16.5. The quantitative estimate of drug-likeness (QED) is 0.0938. The lowest BCUT2D eigenvalue weighted by molar-refractivity contribution is -0.150. The summed E-state index contributed by atoms with van der Waals surface area (Å²) in [6.07, 6.45) is 29.1. The molecule has 0 fully saturated rings. The lowest BCUT2D eigenvalue weighted by atomic mass is 10.0. The van der Waals surface area contributed by atoms with Gasteiger partial charge < -0.3 is 10.5 Å². The summed E-state index contributed by atoms with van der Waals surface area (Å²) in [6, 6.07) is 0. The van der Waals surface area contributed by atoms with Gasteiger partial charge in [0.1, 0.15) is 6.10 Å². The summed E-state index contributed by atoms with van der Waals surface area (Å²) < 4.78 is 5.60. The molecule has 0 heterocycles. The molecule has 1 atom stereocenters. The maximum atomic E-state index is 12.2. The molecule has 0 saturated heterocycles. The van der Waals surface area contributed by atoms with Gasteiger partial charge in [0.15, 0.2) is 0 Å². The molecule has 1 amide bonds. The van der Waals surface area contributed by atoms with Crippen molar-refractivity contribution < 1.29 is 14.3 Å². The Hall–Kier alpha value is -1.06. The van der Waals surface area contributed by atoms with Crippen LogP contribution in [-0.2, 0) is 14.3 Å². The first kappa shape index (κ1) is 32.9. The first-order valence-electron chi connectivity index (χ1n) is 15.1. The monoisotopic (exact) mass is 481 g/mol. The average molecular weight is 482 g/mol. The van der Waals surface area contributed by atoms with E-state index in [2.05, 4.69) is 13.8 Å². The van der Waals surface area contributed by atoms with Crippen LogP contribution >= 0.6 is 0 Å². The van der Waals surface area contributed by atoms with Crippen molar-refractivity contribution in [3.05, 3.63) is 0 Å². The molecule has 34 heavy (non-hydrogen) atoms. The third-order valence-corrected chi connectivity index (χ3v) is 6.84. The fraction of sp³-hybridized carbons (Fsp3) is 0.933. The standard InChI is InChI=1S/C30H59NO3/c1-3-5-7-9-11-13-14-15-16-18-20-22-24-26-30(33)34-28(27-29(31)32)25-23-21-19-17-12-10-8-6-4-2/h28H,3-27H2,1-2H3,(H2,31,32). The maximum absolute atomic E-state index is 12.2. The van der Waals surface area contributed by atoms with E-state index < -0.39 is 0 Å². The van der Waals surface area contributed by atoms with Crippen molar-refractivity contribution in [2.45, 2.75) is 180 Å². The molecule has 0 aliphatic carbocycles. The van der Waals surface area contributed by atoms with Gasteiger partial charge in [-0.05, 0) is 19.3 Å². The van der Waals surface area contributed by atoms with Crippen LogP contribution in [0.4, 0.5) is 0 Å². The van der Waals surface area contributed by atoms with Gasteiger partial charge in [-0.1, -0.05) is 142 Å². The maximum Gasteiger partial charge on any atom is 0.306 e. The molecule has 0 aromatic rings. The van der Waals surface area contributed by atoms with Crippen LogP contribution in [0.5, 0.6) is 0 Å². The van der Waals surface area contributed by atoms with Crippen molar-refractivity contribution in [3.63, 3.8) is 0 Å². The molecule has 0 aliphatic rings. The van der Waals surface area contributed by atoms with E-state index in [0.717, 1.165) is 32.1 Å². The van der Waals surface area contributed by atoms with Crippen molar-refractivity contribution in [2.24, 2.45) is 5.73 Å². The summed E-state index contributed by atoms with van der Waals surface area (Å²) in [4.78, 5) is 23.6. The molecular weight excluding hydrogens is 422 g/mol. The van der Waals surface area contributed by atoms with E-state index in [0.29, 0.717) is 6.42 Å². The van der Waals surface area contributed by atoms with Gasteiger partial charge >= 0.3 is 5.97 Å². The van der Waals surface area contributed by atoms with Crippen molar-refractivity contribution >= 4 is 11.9 Å². The molecule has 0 bridgehead atoms. The molecule has 0 spiro atoms. The highest BCUT2D eigenvalue weighted by Gasteiger charge is 2.16. The summed E-state index contributed by atoms with van der Waals surface area (Å²) in [5, 5.41) is 0. The molecule has 4 heteroatoms. The lowest BCUT2D eigenvalue weighted by Crippen LogP contribution is -2.25. The summed E-state index contributed by atoms with van der Waals surface area (Å²) in [7, 11) is 0. The minimum atomic E-state index is -0.380. The second kappa shape index (κ2) is 26.5. The minimum Gasteiger partial charge on any atom is -0.462 e. The predicted molar refractivity (Wildman–Crippen MR) is 146 cm³/mol. The summed E-state index contributed by atoms with van der Waals surface area (Å²) in [6.45, 7) is 4.51. The second-order valence-electron chi connectivity index (χ2n) is 10.4. The number of primary amides is 1. The topological polar surface area (TPSA) is 69.4 Å². The number of amides is 1. The van der Waals surface area contributed by atoms with Crippen LogP contribution in [0.15, 0.2) is 0 Å². The molecule has 2 N–H and O–H groups in total. The average Bonchev–Trinajstić information content (AvgIpc) is 2.80. The van der Waals surface area contributed by atoms with E-state index >= 15 is 0 Å². The van der Waals surface area contributed by atoms with Crippen molar-refractivity contribution in [1.29, 1.82) is 0 Å². The van der Waals surface area contributed by atoms with Gasteiger partial charge in [-0.25, -0.2) is 0 Å². The third-order valence-electron chi connectivity index (χ3n) is 6.84. The third kappa shape index (κ3) is 25.6. The Morgan fingerprint density at radius 3 is 1.29 bits per heavy atom. The zero-order valence-corrected chi connectivity index (χ0v) is 23.1. The second-order valence-corrected chi connectivity index (χ2v) is 10.4. The highest BCUT2D eigenvalue weighted by molar-refractivity contribution is 5.75. The summed E-state index contributed by atoms with van der Waals surface area (Å²) in [5.41, 5.74) is 5.37. The van der Waals surface area contributed by atoms with E-state index in [-0.39, 0.29) is 24.4 Å². The Morgan fingerprint density at radius 1 is 0.559 bits per heavy atom. The lowest BCUT2D eigenvalue weighted by Gasteiger charge is -2.16. The van der Waals surface area contributed by atoms with E-state index in [9.17, 15) is 9.59 Å². The van der Waals surface area contributed by atoms with Gasteiger partial charge in [0, 0.05) is 6.42 Å². The zero-order valence-electron chi connectivity index (χ0n) is 23.1. The van der Waals surface area contributed by atoms with Crippen molar-refractivity contribution in [1.82, 2.24) is 0 Å². The number of hydrogen-bond acceptors (Lipinski definition) is 3. The molecular formula is C30H59NO3. The Balaban J connectivity index is 3.67. The fourth-order valence-electron chi connectivity index (χ4n) is 4.64. The number of unbranched alkanes of at least 4 members (excludes halogenated alkanes) is 20. The normalized spacial score (nSPS) is 12.1. The number of hydrogen-bond donors (Lipinski definition) is 1. The Labute approximate surface area is 212 Å². The highest BCUT2D eigenvalue weighted by Crippen LogP contribution is 2.16. The van der Waals surface area contributed by atoms with Gasteiger partial charge in [-0.3, -0.25) is 9.59 Å². The van der Waals surface area contributed by atoms with Gasteiger partial charge in [0.2, 0.25) is 5.91 Å². The Kier molecular flexibility index (Phi) is 25.7. The van der Waals surface area contributed by atoms with E-state index in [1.165, 1.54) is 116 Å². The predicted octanol–water partition coefficient (Wildman–Crippen LogP) is 9.18. The van der Waals surface area contributed by atoms with Crippen molar-refractivity contribution in [2.75, 3.05) is 0 Å². The zero-order chi connectivity index (χ0) is 25.1. The van der Waals surface area contributed by atoms with Crippen LogP contribution in [0.2, 0.25) is 0 Å². The summed E-state index contributed by atoms with van der Waals surface area (Å²) in [5.74, 6) is -0.542. The van der Waals surface area contributed by atoms with Crippen LogP contribution in [-0.4, -0.2) is 18.0 Å². The number of carbonyl (C=O) groups excluding carboxylic acids is 2.